The molecule has 0 spiro atoms. The number of carbonyl (C=O) groups is 1. The SMILES string of the molecule is CNn1cc(C(=O)O)c(=O)c2cc(F)c(Cl)cc21.OB(F)F. The summed E-state index contributed by atoms with van der Waals surface area (Å²) in [6.07, 6.45) is 1.13. The van der Waals surface area contributed by atoms with Crippen LogP contribution in [0.2, 0.25) is 5.02 Å². The highest BCUT2D eigenvalue weighted by atomic mass is 35.5. The minimum Gasteiger partial charge on any atom is -0.477 e. The molecule has 0 amide bonds. The average molecular weight is 336 g/mol. The van der Waals surface area contributed by atoms with E-state index in [-0.39, 0.29) is 10.4 Å². The first kappa shape index (κ1) is 17.9. The summed E-state index contributed by atoms with van der Waals surface area (Å²) in [6, 6.07) is 2.19. The van der Waals surface area contributed by atoms with Crippen molar-refractivity contribution in [2.24, 2.45) is 0 Å². The topological polar surface area (TPSA) is 91.6 Å². The van der Waals surface area contributed by atoms with E-state index in [9.17, 15) is 22.6 Å². The van der Waals surface area contributed by atoms with Gasteiger partial charge in [-0.2, -0.15) is 0 Å². The number of nitrogens with zero attached hydrogens (tertiary/aromatic N) is 1. The fourth-order valence-corrected chi connectivity index (χ4v) is 1.82. The van der Waals surface area contributed by atoms with Gasteiger partial charge in [0.05, 0.1) is 15.9 Å². The van der Waals surface area contributed by atoms with Crippen LogP contribution in [0.5, 0.6) is 0 Å². The molecule has 3 N–H and O–H groups in total. The third kappa shape index (κ3) is 3.92. The van der Waals surface area contributed by atoms with Crippen LogP contribution in [0.15, 0.2) is 23.1 Å². The van der Waals surface area contributed by atoms with Gasteiger partial charge in [0, 0.05) is 13.2 Å². The van der Waals surface area contributed by atoms with Crippen molar-refractivity contribution in [3.63, 3.8) is 0 Å². The Hall–Kier alpha value is -2.20. The second-order valence-corrected chi connectivity index (χ2v) is 4.24. The van der Waals surface area contributed by atoms with E-state index in [1.807, 2.05) is 0 Å². The van der Waals surface area contributed by atoms with Crippen LogP contribution in [0.1, 0.15) is 10.4 Å². The molecule has 0 unspecified atom stereocenters. The molecule has 6 nitrogen and oxygen atoms in total. The number of aromatic nitrogens is 1. The number of carboxylic acids is 1. The molecule has 22 heavy (non-hydrogen) atoms. The molecule has 2 rings (SSSR count). The molecule has 0 radical (unpaired) electrons. The first-order valence-corrected chi connectivity index (χ1v) is 5.98. The third-order valence-electron chi connectivity index (χ3n) is 2.52. The molecule has 0 aliphatic rings. The normalized spacial score (nSPS) is 9.91. The van der Waals surface area contributed by atoms with Gasteiger partial charge in [0.2, 0.25) is 5.43 Å². The Bertz CT molecular complexity index is 766. The van der Waals surface area contributed by atoms with Crippen LogP contribution in [-0.4, -0.2) is 35.3 Å². The number of benzene rings is 1. The molecule has 0 bridgehead atoms. The standard InChI is InChI=1S/C11H8ClFN2O3.BF2HO/c1-14-15-4-6(11(17)18)10(16)5-2-8(13)7(12)3-9(5)15;2-1(3)4/h2-4,14H,1H3,(H,17,18);4H. The van der Waals surface area contributed by atoms with Crippen LogP contribution in [0, 0.1) is 5.82 Å². The highest BCUT2D eigenvalue weighted by molar-refractivity contribution is 6.32. The van der Waals surface area contributed by atoms with Gasteiger partial charge in [-0.05, 0) is 12.1 Å². The number of nitrogens with one attached hydrogen (secondary N) is 1. The van der Waals surface area contributed by atoms with Crippen molar-refractivity contribution in [2.75, 3.05) is 12.5 Å². The number of pyridine rings is 1. The molecular formula is C11H9BClF3N2O4. The van der Waals surface area contributed by atoms with E-state index in [1.54, 1.807) is 0 Å². The van der Waals surface area contributed by atoms with Gasteiger partial charge in [-0.25, -0.2) is 9.18 Å². The average Bonchev–Trinajstić information content (AvgIpc) is 2.40. The Morgan fingerprint density at radius 3 is 2.41 bits per heavy atom. The van der Waals surface area contributed by atoms with Crippen molar-refractivity contribution >= 4 is 35.9 Å². The van der Waals surface area contributed by atoms with Gasteiger partial charge in [-0.3, -0.25) is 18.1 Å². The van der Waals surface area contributed by atoms with E-state index in [0.29, 0.717) is 5.52 Å². The number of hydrogen-bond acceptors (Lipinski definition) is 4. The summed E-state index contributed by atoms with van der Waals surface area (Å²) in [5.41, 5.74) is 1.78. The molecule has 0 aliphatic carbocycles. The Morgan fingerprint density at radius 1 is 1.41 bits per heavy atom. The van der Waals surface area contributed by atoms with Crippen molar-refractivity contribution < 1.29 is 27.9 Å². The van der Waals surface area contributed by atoms with Crippen LogP contribution >= 0.6 is 11.6 Å². The van der Waals surface area contributed by atoms with Crippen molar-refractivity contribution in [3.8, 4) is 0 Å². The van der Waals surface area contributed by atoms with Gasteiger partial charge >= 0.3 is 13.4 Å². The lowest BCUT2D eigenvalue weighted by molar-refractivity contribution is 0.0695. The van der Waals surface area contributed by atoms with Crippen molar-refractivity contribution in [3.05, 3.63) is 45.0 Å². The minimum atomic E-state index is -3.17. The van der Waals surface area contributed by atoms with E-state index >= 15 is 0 Å². The molecule has 11 heteroatoms. The van der Waals surface area contributed by atoms with E-state index < -0.39 is 30.2 Å². The fourth-order valence-electron chi connectivity index (χ4n) is 1.66. The molecule has 0 atom stereocenters. The van der Waals surface area contributed by atoms with Crippen LogP contribution in [0.4, 0.5) is 13.0 Å². The molecule has 1 aromatic heterocycles. The molecule has 0 fully saturated rings. The Balaban J connectivity index is 0.000000541. The number of fused-ring (bicyclic) bond motifs is 1. The predicted molar refractivity (Wildman–Crippen MR) is 75.6 cm³/mol. The molecular weight excluding hydrogens is 327 g/mol. The lowest BCUT2D eigenvalue weighted by Gasteiger charge is -2.11. The maximum Gasteiger partial charge on any atom is 0.718 e. The summed E-state index contributed by atoms with van der Waals surface area (Å²) in [6.45, 7) is 0. The molecule has 118 valence electrons. The van der Waals surface area contributed by atoms with Crippen molar-refractivity contribution in [1.29, 1.82) is 0 Å². The zero-order chi connectivity index (χ0) is 17.0. The first-order chi connectivity index (χ1) is 10.2. The zero-order valence-corrected chi connectivity index (χ0v) is 11.7. The van der Waals surface area contributed by atoms with Gasteiger partial charge in [-0.15, -0.1) is 0 Å². The highest BCUT2D eigenvalue weighted by Gasteiger charge is 2.16. The van der Waals surface area contributed by atoms with Gasteiger partial charge in [0.1, 0.15) is 11.4 Å². The smallest absolute Gasteiger partial charge is 0.477 e. The summed E-state index contributed by atoms with van der Waals surface area (Å²) in [5.74, 6) is -2.15. The van der Waals surface area contributed by atoms with Crippen LogP contribution in [0.3, 0.4) is 0 Å². The Kier molecular flexibility index (Phi) is 5.83. The van der Waals surface area contributed by atoms with Crippen molar-refractivity contribution in [1.82, 2.24) is 4.68 Å². The van der Waals surface area contributed by atoms with Gasteiger partial charge in [-0.1, -0.05) is 11.6 Å². The van der Waals surface area contributed by atoms with Gasteiger partial charge in [0.25, 0.3) is 0 Å². The van der Waals surface area contributed by atoms with Crippen LogP contribution < -0.4 is 10.9 Å². The molecule has 1 aromatic carbocycles. The van der Waals surface area contributed by atoms with E-state index in [4.69, 9.17) is 21.7 Å². The summed E-state index contributed by atoms with van der Waals surface area (Å²) in [5, 5.41) is 15.4. The molecule has 1 heterocycles. The fraction of sp³-hybridized carbons (Fsp3) is 0.0909. The summed E-state index contributed by atoms with van der Waals surface area (Å²) < 4.78 is 34.4. The first-order valence-electron chi connectivity index (χ1n) is 5.60. The van der Waals surface area contributed by atoms with E-state index in [2.05, 4.69) is 5.43 Å². The zero-order valence-electron chi connectivity index (χ0n) is 11.0. The maximum atomic E-state index is 13.3. The predicted octanol–water partition coefficient (Wildman–Crippen LogP) is 1.57. The summed E-state index contributed by atoms with van der Waals surface area (Å²) in [7, 11) is -1.63. The Labute approximate surface area is 126 Å². The molecule has 0 saturated carbocycles. The molecule has 2 aromatic rings. The number of hydrogen-bond donors (Lipinski definition) is 3. The number of halogens is 4. The molecule has 0 saturated heterocycles. The number of rotatable bonds is 2. The minimum absolute atomic E-state index is 0.0499. The Morgan fingerprint density at radius 2 is 1.95 bits per heavy atom. The van der Waals surface area contributed by atoms with Crippen molar-refractivity contribution in [2.45, 2.75) is 0 Å². The second kappa shape index (κ2) is 7.18. The number of carboxylic acid groups (broad SMARTS) is 1. The second-order valence-electron chi connectivity index (χ2n) is 3.83. The monoisotopic (exact) mass is 336 g/mol. The van der Waals surface area contributed by atoms with Crippen LogP contribution in [-0.2, 0) is 0 Å². The van der Waals surface area contributed by atoms with Crippen LogP contribution in [0.25, 0.3) is 10.9 Å². The summed E-state index contributed by atoms with van der Waals surface area (Å²) >= 11 is 5.64. The third-order valence-corrected chi connectivity index (χ3v) is 2.81. The highest BCUT2D eigenvalue weighted by Crippen LogP contribution is 2.21. The number of aromatic carboxylic acids is 1. The van der Waals surface area contributed by atoms with Gasteiger partial charge < -0.3 is 15.6 Å². The largest absolute Gasteiger partial charge is 0.718 e. The quantitative estimate of drug-likeness (QED) is 0.724. The van der Waals surface area contributed by atoms with E-state index in [1.165, 1.54) is 17.8 Å². The van der Waals surface area contributed by atoms with Gasteiger partial charge in [0.15, 0.2) is 0 Å². The lowest BCUT2D eigenvalue weighted by atomic mass is 10.1. The molecule has 0 aliphatic heterocycles. The van der Waals surface area contributed by atoms with E-state index in [0.717, 1.165) is 12.3 Å². The maximum absolute atomic E-state index is 13.3. The summed E-state index contributed by atoms with van der Waals surface area (Å²) in [4.78, 5) is 22.8. The lowest BCUT2D eigenvalue weighted by Crippen LogP contribution is -2.22.